The molecular formula is C16H11N5O. The molecule has 2 aromatic heterocycles. The molecule has 0 amide bonds. The first kappa shape index (κ1) is 12.5. The highest BCUT2D eigenvalue weighted by Crippen LogP contribution is 2.31. The zero-order valence-electron chi connectivity index (χ0n) is 11.4. The van der Waals surface area contributed by atoms with E-state index in [0.717, 1.165) is 16.5 Å². The Morgan fingerprint density at radius 3 is 2.55 bits per heavy atom. The van der Waals surface area contributed by atoms with Crippen LogP contribution < -0.4 is 5.56 Å². The minimum absolute atomic E-state index is 0.231. The van der Waals surface area contributed by atoms with E-state index in [9.17, 15) is 4.79 Å². The molecule has 4 rings (SSSR count). The van der Waals surface area contributed by atoms with Gasteiger partial charge in [0.15, 0.2) is 5.82 Å². The van der Waals surface area contributed by atoms with E-state index >= 15 is 0 Å². The second kappa shape index (κ2) is 4.92. The summed E-state index contributed by atoms with van der Waals surface area (Å²) in [5.74, 6) is 0.607. The van der Waals surface area contributed by atoms with Gasteiger partial charge in [-0.2, -0.15) is 10.2 Å². The molecule has 0 atom stereocenters. The van der Waals surface area contributed by atoms with Gasteiger partial charge in [-0.3, -0.25) is 9.89 Å². The Bertz CT molecular complexity index is 990. The molecule has 4 aromatic rings. The Labute approximate surface area is 124 Å². The average Bonchev–Trinajstić information content (AvgIpc) is 3.09. The second-order valence-electron chi connectivity index (χ2n) is 4.83. The third-order valence-corrected chi connectivity index (χ3v) is 3.53. The second-order valence-corrected chi connectivity index (χ2v) is 4.83. The van der Waals surface area contributed by atoms with Crippen molar-refractivity contribution in [2.24, 2.45) is 0 Å². The number of nitrogens with zero attached hydrogens (tertiary/aromatic N) is 3. The summed E-state index contributed by atoms with van der Waals surface area (Å²) >= 11 is 0. The van der Waals surface area contributed by atoms with E-state index in [2.05, 4.69) is 25.4 Å². The molecule has 0 aliphatic rings. The monoisotopic (exact) mass is 289 g/mol. The number of fused-ring (bicyclic) bond motifs is 1. The van der Waals surface area contributed by atoms with Crippen molar-refractivity contribution < 1.29 is 0 Å². The molecule has 106 valence electrons. The molecule has 0 spiro atoms. The number of rotatable bonds is 2. The predicted molar refractivity (Wildman–Crippen MR) is 83.2 cm³/mol. The smallest absolute Gasteiger partial charge is 0.267 e. The first-order valence-electron chi connectivity index (χ1n) is 6.77. The maximum atomic E-state index is 12.4. The molecule has 0 bridgehead atoms. The van der Waals surface area contributed by atoms with Gasteiger partial charge in [0.25, 0.3) is 5.56 Å². The third kappa shape index (κ3) is 1.89. The van der Waals surface area contributed by atoms with Crippen LogP contribution in [0.1, 0.15) is 0 Å². The molecule has 2 N–H and O–H groups in total. The van der Waals surface area contributed by atoms with Gasteiger partial charge in [-0.25, -0.2) is 10.1 Å². The van der Waals surface area contributed by atoms with Gasteiger partial charge in [0.1, 0.15) is 6.33 Å². The standard InChI is InChI=1S/C16H11N5O/c22-16-13(10-5-2-1-3-6-10)14-11(15-17-9-18-20-15)7-4-8-12(14)19-21-16/h1-9H,(H,21,22)(H,17,18,20). The summed E-state index contributed by atoms with van der Waals surface area (Å²) in [5, 5.41) is 14.2. The van der Waals surface area contributed by atoms with Crippen molar-refractivity contribution in [2.45, 2.75) is 0 Å². The van der Waals surface area contributed by atoms with Crippen molar-refractivity contribution in [3.05, 3.63) is 65.2 Å². The molecular weight excluding hydrogens is 278 g/mol. The third-order valence-electron chi connectivity index (χ3n) is 3.53. The fourth-order valence-electron chi connectivity index (χ4n) is 2.59. The number of benzene rings is 2. The van der Waals surface area contributed by atoms with Gasteiger partial charge < -0.3 is 0 Å². The highest BCUT2D eigenvalue weighted by atomic mass is 16.1. The first-order valence-corrected chi connectivity index (χ1v) is 6.77. The van der Waals surface area contributed by atoms with E-state index in [-0.39, 0.29) is 5.56 Å². The van der Waals surface area contributed by atoms with Crippen LogP contribution in [-0.2, 0) is 0 Å². The Balaban J connectivity index is 2.16. The van der Waals surface area contributed by atoms with Crippen molar-refractivity contribution in [1.29, 1.82) is 0 Å². The van der Waals surface area contributed by atoms with E-state index in [0.29, 0.717) is 16.9 Å². The van der Waals surface area contributed by atoms with Crippen LogP contribution >= 0.6 is 0 Å². The Morgan fingerprint density at radius 2 is 1.77 bits per heavy atom. The summed E-state index contributed by atoms with van der Waals surface area (Å²) in [6.07, 6.45) is 1.44. The number of H-pyrrole nitrogens is 2. The van der Waals surface area contributed by atoms with Gasteiger partial charge in [0.05, 0.1) is 11.1 Å². The van der Waals surface area contributed by atoms with Crippen LogP contribution in [-0.4, -0.2) is 25.4 Å². The maximum Gasteiger partial charge on any atom is 0.272 e. The van der Waals surface area contributed by atoms with Crippen LogP contribution in [0.25, 0.3) is 33.4 Å². The summed E-state index contributed by atoms with van der Waals surface area (Å²) in [7, 11) is 0. The zero-order valence-corrected chi connectivity index (χ0v) is 11.4. The summed E-state index contributed by atoms with van der Waals surface area (Å²) in [6, 6.07) is 15.2. The van der Waals surface area contributed by atoms with Gasteiger partial charge >= 0.3 is 0 Å². The number of aromatic nitrogens is 5. The lowest BCUT2D eigenvalue weighted by molar-refractivity contribution is 1.03. The molecule has 6 heteroatoms. The number of nitrogens with one attached hydrogen (secondary N) is 2. The van der Waals surface area contributed by atoms with E-state index in [1.807, 2.05) is 48.5 Å². The van der Waals surface area contributed by atoms with E-state index in [1.54, 1.807) is 0 Å². The van der Waals surface area contributed by atoms with Crippen LogP contribution in [0.5, 0.6) is 0 Å². The lowest BCUT2D eigenvalue weighted by Gasteiger charge is -2.08. The molecule has 0 radical (unpaired) electrons. The summed E-state index contributed by atoms with van der Waals surface area (Å²) in [5.41, 5.74) is 2.69. The van der Waals surface area contributed by atoms with Gasteiger partial charge in [-0.1, -0.05) is 42.5 Å². The SMILES string of the molecule is O=c1[nH]nc2cccc(-c3ncn[nH]3)c2c1-c1ccccc1. The summed E-state index contributed by atoms with van der Waals surface area (Å²) in [4.78, 5) is 16.6. The normalized spacial score (nSPS) is 10.9. The molecule has 0 saturated heterocycles. The van der Waals surface area contributed by atoms with Crippen LogP contribution in [0.4, 0.5) is 0 Å². The Morgan fingerprint density at radius 1 is 0.909 bits per heavy atom. The highest BCUT2D eigenvalue weighted by molar-refractivity contribution is 6.03. The van der Waals surface area contributed by atoms with Crippen molar-refractivity contribution in [1.82, 2.24) is 25.4 Å². The largest absolute Gasteiger partial charge is 0.272 e. The van der Waals surface area contributed by atoms with Crippen molar-refractivity contribution in [3.8, 4) is 22.5 Å². The number of aromatic amines is 2. The lowest BCUT2D eigenvalue weighted by atomic mass is 9.98. The minimum Gasteiger partial charge on any atom is -0.267 e. The first-order chi connectivity index (χ1) is 10.8. The Hall–Kier alpha value is -3.28. The molecule has 0 saturated carbocycles. The quantitative estimate of drug-likeness (QED) is 0.593. The Kier molecular flexibility index (Phi) is 2.79. The van der Waals surface area contributed by atoms with E-state index in [4.69, 9.17) is 0 Å². The molecule has 0 fully saturated rings. The molecule has 22 heavy (non-hydrogen) atoms. The number of hydrogen-bond acceptors (Lipinski definition) is 4. The topological polar surface area (TPSA) is 87.3 Å². The molecule has 6 nitrogen and oxygen atoms in total. The minimum atomic E-state index is -0.231. The molecule has 0 aliphatic carbocycles. The van der Waals surface area contributed by atoms with Crippen LogP contribution in [0.3, 0.4) is 0 Å². The molecule has 0 aliphatic heterocycles. The predicted octanol–water partition coefficient (Wildman–Crippen LogP) is 2.38. The highest BCUT2D eigenvalue weighted by Gasteiger charge is 2.15. The van der Waals surface area contributed by atoms with Gasteiger partial charge in [0, 0.05) is 10.9 Å². The average molecular weight is 289 g/mol. The zero-order chi connectivity index (χ0) is 14.9. The van der Waals surface area contributed by atoms with Crippen molar-refractivity contribution in [2.75, 3.05) is 0 Å². The maximum absolute atomic E-state index is 12.4. The summed E-state index contributed by atoms with van der Waals surface area (Å²) < 4.78 is 0. The van der Waals surface area contributed by atoms with Crippen LogP contribution in [0.15, 0.2) is 59.7 Å². The van der Waals surface area contributed by atoms with Gasteiger partial charge in [-0.15, -0.1) is 0 Å². The fourth-order valence-corrected chi connectivity index (χ4v) is 2.59. The van der Waals surface area contributed by atoms with Crippen molar-refractivity contribution >= 4 is 10.9 Å². The van der Waals surface area contributed by atoms with E-state index < -0.39 is 0 Å². The van der Waals surface area contributed by atoms with Crippen LogP contribution in [0, 0.1) is 0 Å². The summed E-state index contributed by atoms with van der Waals surface area (Å²) in [6.45, 7) is 0. The van der Waals surface area contributed by atoms with Crippen molar-refractivity contribution in [3.63, 3.8) is 0 Å². The molecule has 0 unspecified atom stereocenters. The van der Waals surface area contributed by atoms with Crippen LogP contribution in [0.2, 0.25) is 0 Å². The lowest BCUT2D eigenvalue weighted by Crippen LogP contribution is -2.12. The van der Waals surface area contributed by atoms with Gasteiger partial charge in [0.2, 0.25) is 0 Å². The fraction of sp³-hybridized carbons (Fsp3) is 0. The van der Waals surface area contributed by atoms with E-state index in [1.165, 1.54) is 6.33 Å². The van der Waals surface area contributed by atoms with Gasteiger partial charge in [-0.05, 0) is 11.6 Å². The molecule has 2 aromatic carbocycles. The number of hydrogen-bond donors (Lipinski definition) is 2. The molecule has 2 heterocycles.